The summed E-state index contributed by atoms with van der Waals surface area (Å²) >= 11 is 18.3. The van der Waals surface area contributed by atoms with Crippen LogP contribution >= 0.6 is 61.8 Å². The Balaban J connectivity index is 1.99. The van der Waals surface area contributed by atoms with E-state index in [0.29, 0.717) is 25.4 Å². The minimum absolute atomic E-state index is 0.283. The van der Waals surface area contributed by atoms with Crippen LogP contribution < -0.4 is 5.32 Å². The van der Waals surface area contributed by atoms with Crippen molar-refractivity contribution >= 4 is 82.9 Å². The number of nitrogens with zero attached hydrogens (tertiary/aromatic N) is 1. The van der Waals surface area contributed by atoms with Gasteiger partial charge in [0.2, 0.25) is 0 Å². The van der Waals surface area contributed by atoms with Gasteiger partial charge in [-0.1, -0.05) is 40.6 Å². The molecule has 0 fully saturated rings. The quantitative estimate of drug-likeness (QED) is 0.593. The molecule has 102 valence electrons. The van der Waals surface area contributed by atoms with Gasteiger partial charge in [-0.05, 0) is 28.1 Å². The van der Waals surface area contributed by atoms with Gasteiger partial charge in [0.15, 0.2) is 5.13 Å². The smallest absolute Gasteiger partial charge is 0.269 e. The fourth-order valence-electron chi connectivity index (χ4n) is 1.68. The maximum Gasteiger partial charge on any atom is 0.269 e. The summed E-state index contributed by atoms with van der Waals surface area (Å²) in [5.41, 5.74) is 0. The van der Waals surface area contributed by atoms with Crippen LogP contribution in [0.5, 0.6) is 0 Å². The number of nitrogens with one attached hydrogen (secondary N) is 1. The molecular formula is C12H5BrCl2N2OS2. The van der Waals surface area contributed by atoms with Crippen LogP contribution in [-0.2, 0) is 0 Å². The molecule has 0 atom stereocenters. The van der Waals surface area contributed by atoms with Crippen LogP contribution in [0.25, 0.3) is 10.1 Å². The zero-order valence-corrected chi connectivity index (χ0v) is 14.3. The Labute approximate surface area is 140 Å². The first kappa shape index (κ1) is 14.3. The number of hydrogen-bond donors (Lipinski definition) is 1. The van der Waals surface area contributed by atoms with E-state index in [9.17, 15) is 4.79 Å². The molecule has 3 rings (SSSR count). The van der Waals surface area contributed by atoms with E-state index in [2.05, 4.69) is 26.2 Å². The third-order valence-corrected chi connectivity index (χ3v) is 5.86. The first-order chi connectivity index (χ1) is 9.56. The Kier molecular flexibility index (Phi) is 4.01. The number of aromatic nitrogens is 1. The number of carbonyl (C=O) groups excluding carboxylic acids is 1. The molecule has 1 amide bonds. The Morgan fingerprint density at radius 1 is 1.30 bits per heavy atom. The lowest BCUT2D eigenvalue weighted by Crippen LogP contribution is -2.10. The highest BCUT2D eigenvalue weighted by Gasteiger charge is 2.19. The van der Waals surface area contributed by atoms with E-state index < -0.39 is 0 Å². The van der Waals surface area contributed by atoms with Crippen LogP contribution in [0.1, 0.15) is 9.67 Å². The molecule has 0 saturated carbocycles. The third-order valence-electron chi connectivity index (χ3n) is 2.51. The van der Waals surface area contributed by atoms with Crippen LogP contribution in [0.15, 0.2) is 28.2 Å². The Morgan fingerprint density at radius 3 is 2.75 bits per heavy atom. The summed E-state index contributed by atoms with van der Waals surface area (Å²) in [6, 6.07) is 5.47. The van der Waals surface area contributed by atoms with Crippen LogP contribution in [0, 0.1) is 0 Å². The highest BCUT2D eigenvalue weighted by atomic mass is 79.9. The zero-order chi connectivity index (χ0) is 14.3. The molecule has 1 aromatic carbocycles. The average molecular weight is 408 g/mol. The second-order valence-electron chi connectivity index (χ2n) is 3.78. The number of benzene rings is 1. The molecule has 0 unspecified atom stereocenters. The number of anilines is 1. The lowest BCUT2D eigenvalue weighted by molar-refractivity contribution is 0.103. The molecule has 1 N–H and O–H groups in total. The fraction of sp³-hybridized carbons (Fsp3) is 0. The van der Waals surface area contributed by atoms with Crippen molar-refractivity contribution in [1.82, 2.24) is 4.98 Å². The zero-order valence-electron chi connectivity index (χ0n) is 9.62. The van der Waals surface area contributed by atoms with Gasteiger partial charge in [0, 0.05) is 10.1 Å². The molecule has 0 aliphatic carbocycles. The third kappa shape index (κ3) is 2.58. The summed E-state index contributed by atoms with van der Waals surface area (Å²) < 4.78 is 1.73. The molecule has 0 spiro atoms. The van der Waals surface area contributed by atoms with Crippen molar-refractivity contribution in [2.45, 2.75) is 0 Å². The van der Waals surface area contributed by atoms with Crippen LogP contribution in [-0.4, -0.2) is 10.9 Å². The van der Waals surface area contributed by atoms with Crippen molar-refractivity contribution in [2.24, 2.45) is 0 Å². The van der Waals surface area contributed by atoms with Gasteiger partial charge in [0.1, 0.15) is 4.88 Å². The van der Waals surface area contributed by atoms with E-state index >= 15 is 0 Å². The summed E-state index contributed by atoms with van der Waals surface area (Å²) in [5, 5.41) is 4.87. The Bertz CT molecular complexity index is 815. The molecule has 8 heteroatoms. The number of thiazole rings is 1. The predicted octanol–water partition coefficient (Wildman–Crippen LogP) is 5.68. The highest BCUT2D eigenvalue weighted by Crippen LogP contribution is 2.39. The standard InChI is InChI=1S/C12H5BrCl2N2OS2/c13-7-4-16-12(20-7)17-11(18)10-9(15)8-5(14)2-1-3-6(8)19-10/h1-4H,(H,16,17,18). The largest absolute Gasteiger partial charge is 0.297 e. The van der Waals surface area contributed by atoms with Crippen molar-refractivity contribution in [2.75, 3.05) is 5.32 Å². The number of fused-ring (bicyclic) bond motifs is 1. The number of carbonyl (C=O) groups is 1. The molecule has 3 aromatic rings. The summed E-state index contributed by atoms with van der Waals surface area (Å²) in [6.07, 6.45) is 1.63. The summed E-state index contributed by atoms with van der Waals surface area (Å²) in [4.78, 5) is 16.7. The second-order valence-corrected chi connectivity index (χ2v) is 8.03. The van der Waals surface area contributed by atoms with Crippen molar-refractivity contribution < 1.29 is 4.79 Å². The molecule has 0 saturated heterocycles. The maximum absolute atomic E-state index is 12.2. The molecule has 2 aromatic heterocycles. The van der Waals surface area contributed by atoms with Gasteiger partial charge in [0.25, 0.3) is 5.91 Å². The first-order valence-corrected chi connectivity index (χ1v) is 8.53. The van der Waals surface area contributed by atoms with Gasteiger partial charge in [-0.2, -0.15) is 0 Å². The minimum atomic E-state index is -0.283. The van der Waals surface area contributed by atoms with Gasteiger partial charge in [0.05, 0.1) is 20.0 Å². The molecule has 0 aliphatic rings. The molecule has 2 heterocycles. The van der Waals surface area contributed by atoms with E-state index in [1.165, 1.54) is 22.7 Å². The Morgan fingerprint density at radius 2 is 2.10 bits per heavy atom. The van der Waals surface area contributed by atoms with Crippen LogP contribution in [0.3, 0.4) is 0 Å². The first-order valence-electron chi connectivity index (χ1n) is 5.35. The van der Waals surface area contributed by atoms with Crippen LogP contribution in [0.2, 0.25) is 10.0 Å². The van der Waals surface area contributed by atoms with E-state index in [-0.39, 0.29) is 5.91 Å². The molecule has 0 radical (unpaired) electrons. The predicted molar refractivity (Wildman–Crippen MR) is 89.6 cm³/mol. The van der Waals surface area contributed by atoms with Gasteiger partial charge in [-0.3, -0.25) is 10.1 Å². The molecular weight excluding hydrogens is 403 g/mol. The molecule has 3 nitrogen and oxygen atoms in total. The maximum atomic E-state index is 12.2. The van der Waals surface area contributed by atoms with Crippen molar-refractivity contribution in [3.05, 3.63) is 43.1 Å². The number of hydrogen-bond acceptors (Lipinski definition) is 4. The number of rotatable bonds is 2. The average Bonchev–Trinajstić information content (AvgIpc) is 2.95. The van der Waals surface area contributed by atoms with Gasteiger partial charge in [-0.25, -0.2) is 4.98 Å². The van der Waals surface area contributed by atoms with Gasteiger partial charge in [-0.15, -0.1) is 11.3 Å². The number of thiophene rings is 1. The van der Waals surface area contributed by atoms with Gasteiger partial charge >= 0.3 is 0 Å². The summed E-state index contributed by atoms with van der Waals surface area (Å²) in [6.45, 7) is 0. The minimum Gasteiger partial charge on any atom is -0.297 e. The topological polar surface area (TPSA) is 42.0 Å². The molecule has 20 heavy (non-hydrogen) atoms. The molecule has 0 aliphatic heterocycles. The second kappa shape index (κ2) is 5.61. The lowest BCUT2D eigenvalue weighted by atomic mass is 10.2. The monoisotopic (exact) mass is 406 g/mol. The normalized spacial score (nSPS) is 10.9. The molecule has 0 bridgehead atoms. The Hall–Kier alpha value is -0.660. The summed E-state index contributed by atoms with van der Waals surface area (Å²) in [5.74, 6) is -0.283. The summed E-state index contributed by atoms with van der Waals surface area (Å²) in [7, 11) is 0. The number of amides is 1. The van der Waals surface area contributed by atoms with Crippen LogP contribution in [0.4, 0.5) is 5.13 Å². The van der Waals surface area contributed by atoms with E-state index in [4.69, 9.17) is 23.2 Å². The SMILES string of the molecule is O=C(Nc1ncc(Br)s1)c1sc2cccc(Cl)c2c1Cl. The van der Waals surface area contributed by atoms with E-state index in [1.54, 1.807) is 12.3 Å². The highest BCUT2D eigenvalue weighted by molar-refractivity contribution is 9.11. The van der Waals surface area contributed by atoms with Crippen molar-refractivity contribution in [3.63, 3.8) is 0 Å². The number of halogens is 3. The van der Waals surface area contributed by atoms with E-state index in [1.807, 2.05) is 12.1 Å². The van der Waals surface area contributed by atoms with Gasteiger partial charge < -0.3 is 0 Å². The lowest BCUT2D eigenvalue weighted by Gasteiger charge is -1.99. The fourth-order valence-corrected chi connectivity index (χ4v) is 4.64. The van der Waals surface area contributed by atoms with Crippen molar-refractivity contribution in [1.29, 1.82) is 0 Å². The van der Waals surface area contributed by atoms with E-state index in [0.717, 1.165) is 8.49 Å². The van der Waals surface area contributed by atoms with Crippen molar-refractivity contribution in [3.8, 4) is 0 Å².